The van der Waals surface area contributed by atoms with Crippen LogP contribution >= 0.6 is 0 Å². The average Bonchev–Trinajstić information content (AvgIpc) is 3.67. The fourth-order valence-electron chi connectivity index (χ4n) is 6.59. The number of methoxy groups -OCH3 is 1. The Morgan fingerprint density at radius 1 is 1.13 bits per heavy atom. The summed E-state index contributed by atoms with van der Waals surface area (Å²) in [7, 11) is 1.96. The molecule has 244 valence electrons. The third-order valence-electron chi connectivity index (χ3n) is 9.20. The number of benzene rings is 2. The molecule has 3 aliphatic rings. The van der Waals surface area contributed by atoms with Gasteiger partial charge in [-0.25, -0.2) is 4.21 Å². The minimum atomic E-state index is -1.48. The molecule has 2 atom stereocenters. The van der Waals surface area contributed by atoms with Gasteiger partial charge >= 0.3 is 0 Å². The summed E-state index contributed by atoms with van der Waals surface area (Å²) < 4.78 is 23.2. The van der Waals surface area contributed by atoms with Gasteiger partial charge in [0.15, 0.2) is 0 Å². The molecular formula is C37H46N4O4S. The van der Waals surface area contributed by atoms with E-state index >= 15 is 0 Å². The smallest absolute Gasteiger partial charge is 0.263 e. The van der Waals surface area contributed by atoms with E-state index in [4.69, 9.17) is 4.74 Å². The van der Waals surface area contributed by atoms with E-state index in [2.05, 4.69) is 27.3 Å². The summed E-state index contributed by atoms with van der Waals surface area (Å²) in [6, 6.07) is 11.8. The summed E-state index contributed by atoms with van der Waals surface area (Å²) in [5.41, 5.74) is 7.69. The van der Waals surface area contributed by atoms with Crippen molar-refractivity contribution in [1.82, 2.24) is 19.5 Å². The molecule has 6 rings (SSSR count). The lowest BCUT2D eigenvalue weighted by molar-refractivity contribution is -0.121. The van der Waals surface area contributed by atoms with Gasteiger partial charge in [-0.15, -0.1) is 0 Å². The first-order valence-electron chi connectivity index (χ1n) is 16.4. The van der Waals surface area contributed by atoms with Gasteiger partial charge in [-0.05, 0) is 79.6 Å². The minimum absolute atomic E-state index is 0.128. The zero-order valence-electron chi connectivity index (χ0n) is 27.9. The molecule has 1 saturated carbocycles. The zero-order valence-corrected chi connectivity index (χ0v) is 28.7. The highest BCUT2D eigenvalue weighted by Crippen LogP contribution is 2.48. The molecule has 8 nitrogen and oxygen atoms in total. The Morgan fingerprint density at radius 3 is 2.54 bits per heavy atom. The maximum atomic E-state index is 14.0. The number of hydrogen-bond donors (Lipinski definition) is 2. The molecule has 0 radical (unpaired) electrons. The van der Waals surface area contributed by atoms with Gasteiger partial charge in [0, 0.05) is 40.9 Å². The van der Waals surface area contributed by atoms with Crippen LogP contribution in [0.2, 0.25) is 0 Å². The minimum Gasteiger partial charge on any atom is -0.497 e. The van der Waals surface area contributed by atoms with E-state index in [-0.39, 0.29) is 17.1 Å². The number of aromatic nitrogens is 1. The molecule has 0 bridgehead atoms. The van der Waals surface area contributed by atoms with Crippen molar-refractivity contribution in [2.75, 3.05) is 14.2 Å². The van der Waals surface area contributed by atoms with Gasteiger partial charge in [0.05, 0.1) is 36.0 Å². The van der Waals surface area contributed by atoms with Crippen molar-refractivity contribution in [2.45, 2.75) is 83.9 Å². The lowest BCUT2D eigenvalue weighted by Gasteiger charge is -2.24. The number of carbonyl (C=O) groups excluding carboxylic acids is 2. The van der Waals surface area contributed by atoms with Crippen molar-refractivity contribution in [1.29, 1.82) is 0 Å². The van der Waals surface area contributed by atoms with Crippen LogP contribution in [0, 0.1) is 0 Å². The molecule has 2 aliphatic heterocycles. The quantitative estimate of drug-likeness (QED) is 0.250. The number of amides is 2. The molecule has 9 heteroatoms. The van der Waals surface area contributed by atoms with Crippen molar-refractivity contribution in [3.63, 3.8) is 0 Å². The van der Waals surface area contributed by atoms with E-state index in [0.717, 1.165) is 52.0 Å². The average molecular weight is 643 g/mol. The first-order chi connectivity index (χ1) is 22.3. The number of nitrogens with zero attached hydrogens (tertiary/aromatic N) is 2. The monoisotopic (exact) mass is 642 g/mol. The third-order valence-corrected chi connectivity index (χ3v) is 10.7. The number of fused-ring (bicyclic) bond motifs is 5. The predicted molar refractivity (Wildman–Crippen MR) is 188 cm³/mol. The molecule has 0 spiro atoms. The summed E-state index contributed by atoms with van der Waals surface area (Å²) in [4.78, 5) is 28.9. The molecule has 1 saturated heterocycles. The van der Waals surface area contributed by atoms with Crippen LogP contribution in [-0.4, -0.2) is 44.9 Å². The van der Waals surface area contributed by atoms with Crippen molar-refractivity contribution in [2.24, 2.45) is 0 Å². The van der Waals surface area contributed by atoms with Gasteiger partial charge in [-0.2, -0.15) is 0 Å². The molecule has 1 aromatic heterocycles. The lowest BCUT2D eigenvalue weighted by Crippen LogP contribution is -2.31. The summed E-state index contributed by atoms with van der Waals surface area (Å²) in [6.07, 6.45) is 10.2. The first-order valence-corrected chi connectivity index (χ1v) is 17.7. The van der Waals surface area contributed by atoms with Crippen LogP contribution in [0.25, 0.3) is 28.2 Å². The number of rotatable bonds is 8. The Labute approximate surface area is 275 Å². The van der Waals surface area contributed by atoms with Crippen LogP contribution < -0.4 is 14.8 Å². The topological polar surface area (TPSA) is 92.4 Å². The standard InChI is InChI=1S/C35H40N4O4S.C2H6/c1-6-21(2)44(42)37-34(40)24-12-14-29-30(18-24)38-20-26(35(41)39-22(3)31(39)19-36-4)16-25-17-27(43-5)13-15-28(25)33(38)32(29)23-10-8-7-9-11-23;1-2/h12-19,21,23,36H,3,6-11,20H2,1-2,4-5H3,(H,37,40);1-2H3/b31-19+;. The van der Waals surface area contributed by atoms with Crippen molar-refractivity contribution >= 4 is 39.8 Å². The molecule has 2 amide bonds. The van der Waals surface area contributed by atoms with Crippen LogP contribution in [0.15, 0.2) is 66.1 Å². The summed E-state index contributed by atoms with van der Waals surface area (Å²) in [6.45, 7) is 12.2. The number of nitrogens with one attached hydrogen (secondary N) is 2. The highest BCUT2D eigenvalue weighted by Gasteiger charge is 2.40. The van der Waals surface area contributed by atoms with Gasteiger partial charge < -0.3 is 14.6 Å². The van der Waals surface area contributed by atoms with Crippen molar-refractivity contribution < 1.29 is 18.5 Å². The summed E-state index contributed by atoms with van der Waals surface area (Å²) in [5.74, 6) is 0.588. The molecule has 1 aliphatic carbocycles. The molecule has 2 unspecified atom stereocenters. The largest absolute Gasteiger partial charge is 0.497 e. The fraction of sp³-hybridized carbons (Fsp3) is 0.405. The van der Waals surface area contributed by atoms with E-state index in [1.165, 1.54) is 24.8 Å². The Balaban J connectivity index is 0.00000204. The summed E-state index contributed by atoms with van der Waals surface area (Å²) in [5, 5.41) is 3.94. The number of ether oxygens (including phenoxy) is 1. The second-order valence-corrected chi connectivity index (χ2v) is 13.5. The normalized spacial score (nSPS) is 18.0. The highest BCUT2D eigenvalue weighted by molar-refractivity contribution is 7.84. The van der Waals surface area contributed by atoms with E-state index < -0.39 is 11.0 Å². The van der Waals surface area contributed by atoms with Gasteiger partial charge in [0.1, 0.15) is 16.7 Å². The highest BCUT2D eigenvalue weighted by atomic mass is 32.2. The van der Waals surface area contributed by atoms with Gasteiger partial charge in [-0.3, -0.25) is 19.2 Å². The van der Waals surface area contributed by atoms with E-state index in [0.29, 0.717) is 35.7 Å². The SMILES string of the molecule is C=C1/C(=C\NC)N1C(=O)C1=Cc2cc(OC)ccc2-c2c(C3CCCCC3)c3ccc(C(=O)NS(=O)C(C)CC)cc3n2C1.CC. The molecule has 2 fully saturated rings. The molecule has 46 heavy (non-hydrogen) atoms. The van der Waals surface area contributed by atoms with E-state index in [1.54, 1.807) is 25.3 Å². The second-order valence-electron chi connectivity index (χ2n) is 11.9. The third kappa shape index (κ3) is 6.17. The molecule has 2 aromatic carbocycles. The lowest BCUT2D eigenvalue weighted by atomic mass is 9.81. The Morgan fingerprint density at radius 2 is 1.87 bits per heavy atom. The van der Waals surface area contributed by atoms with Crippen molar-refractivity contribution in [3.8, 4) is 17.0 Å². The van der Waals surface area contributed by atoms with Crippen LogP contribution in [0.5, 0.6) is 5.75 Å². The Hall–Kier alpha value is -4.11. The van der Waals surface area contributed by atoms with E-state index in [9.17, 15) is 13.8 Å². The Bertz CT molecular complexity index is 1760. The van der Waals surface area contributed by atoms with Crippen LogP contribution in [0.3, 0.4) is 0 Å². The maximum absolute atomic E-state index is 14.0. The predicted octanol–water partition coefficient (Wildman–Crippen LogP) is 7.40. The molecule has 3 aromatic rings. The summed E-state index contributed by atoms with van der Waals surface area (Å²) >= 11 is 0. The van der Waals surface area contributed by atoms with Crippen molar-refractivity contribution in [3.05, 3.63) is 82.8 Å². The van der Waals surface area contributed by atoms with Gasteiger partial charge in [0.2, 0.25) is 0 Å². The van der Waals surface area contributed by atoms with E-state index in [1.807, 2.05) is 64.1 Å². The maximum Gasteiger partial charge on any atom is 0.263 e. The second kappa shape index (κ2) is 14.1. The number of hydrogen-bond acceptors (Lipinski definition) is 5. The first kappa shape index (κ1) is 33.3. The van der Waals surface area contributed by atoms with Gasteiger partial charge in [0.25, 0.3) is 11.8 Å². The Kier molecular flexibility index (Phi) is 10.2. The fourth-order valence-corrected chi connectivity index (χ4v) is 7.39. The zero-order chi connectivity index (χ0) is 33.1. The number of carbonyl (C=O) groups is 2. The molecule has 3 heterocycles. The molecule has 2 N–H and O–H groups in total. The molecular weight excluding hydrogens is 596 g/mol. The van der Waals surface area contributed by atoms with Crippen LogP contribution in [-0.2, 0) is 22.3 Å². The van der Waals surface area contributed by atoms with Gasteiger partial charge in [-0.1, -0.05) is 52.7 Å². The van der Waals surface area contributed by atoms with Crippen LogP contribution in [0.4, 0.5) is 0 Å². The van der Waals surface area contributed by atoms with Crippen LogP contribution in [0.1, 0.15) is 93.6 Å².